The molecule has 0 unspecified atom stereocenters. The fraction of sp³-hybridized carbons (Fsp3) is 0.440. The molecule has 3 aromatic rings. The van der Waals surface area contributed by atoms with Gasteiger partial charge in [0.25, 0.3) is 11.8 Å². The van der Waals surface area contributed by atoms with Gasteiger partial charge in [-0.15, -0.1) is 0 Å². The maximum absolute atomic E-state index is 15.4. The number of nitrogens with zero attached hydrogens (tertiary/aromatic N) is 3. The SMILES string of the molecule is Cc1ccc(OCC2CC2)c(-c2ncnc3c(C(=O)N[C@@H]4CN(C(=O)CO)CC4(F)F)c(C)[nH]c23)c1F. The molecule has 12 heteroatoms. The van der Waals surface area contributed by atoms with E-state index in [2.05, 4.69) is 20.3 Å². The number of H-pyrrole nitrogens is 1. The maximum Gasteiger partial charge on any atom is 0.286 e. The molecule has 196 valence electrons. The third-order valence-corrected chi connectivity index (χ3v) is 6.81. The zero-order chi connectivity index (χ0) is 26.5. The van der Waals surface area contributed by atoms with Crippen molar-refractivity contribution < 1.29 is 32.6 Å². The Bertz CT molecular complexity index is 1390. The molecule has 1 aliphatic carbocycles. The number of aromatic nitrogens is 3. The molecule has 2 aromatic heterocycles. The monoisotopic (exact) mass is 517 g/mol. The highest BCUT2D eigenvalue weighted by molar-refractivity contribution is 6.09. The van der Waals surface area contributed by atoms with Gasteiger partial charge in [-0.3, -0.25) is 9.59 Å². The topological polar surface area (TPSA) is 120 Å². The number of aryl methyl sites for hydroxylation is 2. The number of aliphatic hydroxyl groups excluding tert-OH is 1. The number of halogens is 3. The van der Waals surface area contributed by atoms with Gasteiger partial charge in [-0.25, -0.2) is 23.1 Å². The van der Waals surface area contributed by atoms with Crippen LogP contribution in [0.25, 0.3) is 22.3 Å². The molecule has 5 rings (SSSR count). The predicted molar refractivity (Wildman–Crippen MR) is 127 cm³/mol. The summed E-state index contributed by atoms with van der Waals surface area (Å²) in [6.45, 7) is 1.38. The van der Waals surface area contributed by atoms with Crippen molar-refractivity contribution in [3.05, 3.63) is 41.1 Å². The van der Waals surface area contributed by atoms with Crippen LogP contribution in [0.4, 0.5) is 13.2 Å². The van der Waals surface area contributed by atoms with Gasteiger partial charge in [0.15, 0.2) is 0 Å². The third-order valence-electron chi connectivity index (χ3n) is 6.81. The number of carbonyl (C=O) groups is 2. The molecule has 1 aliphatic heterocycles. The van der Waals surface area contributed by atoms with E-state index in [0.717, 1.165) is 17.7 Å². The van der Waals surface area contributed by atoms with Crippen molar-refractivity contribution in [2.24, 2.45) is 5.92 Å². The van der Waals surface area contributed by atoms with Crippen LogP contribution >= 0.6 is 0 Å². The Hall–Kier alpha value is -3.67. The molecule has 37 heavy (non-hydrogen) atoms. The molecular weight excluding hydrogens is 491 g/mol. The number of carbonyl (C=O) groups excluding carboxylic acids is 2. The third kappa shape index (κ3) is 4.61. The lowest BCUT2D eigenvalue weighted by molar-refractivity contribution is -0.134. The van der Waals surface area contributed by atoms with Gasteiger partial charge in [-0.1, -0.05) is 6.07 Å². The molecule has 1 saturated heterocycles. The summed E-state index contributed by atoms with van der Waals surface area (Å²) in [6.07, 6.45) is 3.30. The standard InChI is InChI=1S/C25H26F3N5O4/c1-12-3-6-15(37-9-14-4-5-14)19(20(12)26)22-23-21(29-11-30-22)18(13(2)31-23)24(36)32-16-7-33(17(35)8-34)10-25(16,27)28/h3,6,11,14,16,31,34H,4-5,7-10H2,1-2H3,(H,32,36)/t16-/m1/s1. The van der Waals surface area contributed by atoms with Crippen LogP contribution in [0.1, 0.15) is 34.5 Å². The van der Waals surface area contributed by atoms with Crippen molar-refractivity contribution in [2.45, 2.75) is 38.7 Å². The van der Waals surface area contributed by atoms with Crippen LogP contribution in [0.3, 0.4) is 0 Å². The summed E-state index contributed by atoms with van der Waals surface area (Å²) >= 11 is 0. The summed E-state index contributed by atoms with van der Waals surface area (Å²) < 4.78 is 50.4. The number of hydrogen-bond acceptors (Lipinski definition) is 6. The summed E-state index contributed by atoms with van der Waals surface area (Å²) in [7, 11) is 0. The molecule has 9 nitrogen and oxygen atoms in total. The van der Waals surface area contributed by atoms with Crippen molar-refractivity contribution in [3.63, 3.8) is 0 Å². The molecular formula is C25H26F3N5O4. The molecule has 0 radical (unpaired) electrons. The van der Waals surface area contributed by atoms with E-state index < -0.39 is 49.3 Å². The number of ether oxygens (including phenoxy) is 1. The van der Waals surface area contributed by atoms with Crippen molar-refractivity contribution in [1.29, 1.82) is 0 Å². The normalized spacial score (nSPS) is 18.9. The highest BCUT2D eigenvalue weighted by Gasteiger charge is 2.50. The fourth-order valence-electron chi connectivity index (χ4n) is 4.54. The van der Waals surface area contributed by atoms with E-state index in [1.165, 1.54) is 6.33 Å². The van der Waals surface area contributed by atoms with Crippen molar-refractivity contribution in [1.82, 2.24) is 25.2 Å². The minimum Gasteiger partial charge on any atom is -0.492 e. The minimum absolute atomic E-state index is 0.00916. The van der Waals surface area contributed by atoms with Gasteiger partial charge in [0.2, 0.25) is 5.91 Å². The number of likely N-dealkylation sites (tertiary alicyclic amines) is 1. The summed E-state index contributed by atoms with van der Waals surface area (Å²) in [4.78, 5) is 37.2. The smallest absolute Gasteiger partial charge is 0.286 e. The van der Waals surface area contributed by atoms with Crippen LogP contribution < -0.4 is 10.1 Å². The van der Waals surface area contributed by atoms with Crippen LogP contribution in [0.5, 0.6) is 5.75 Å². The lowest BCUT2D eigenvalue weighted by Crippen LogP contribution is -2.46. The molecule has 1 aromatic carbocycles. The van der Waals surface area contributed by atoms with E-state index in [1.807, 2.05) is 0 Å². The van der Waals surface area contributed by atoms with Crippen molar-refractivity contribution >= 4 is 22.8 Å². The molecule has 3 heterocycles. The van der Waals surface area contributed by atoms with E-state index in [4.69, 9.17) is 9.84 Å². The van der Waals surface area contributed by atoms with Gasteiger partial charge < -0.3 is 25.0 Å². The van der Waals surface area contributed by atoms with Crippen LogP contribution in [0.2, 0.25) is 0 Å². The van der Waals surface area contributed by atoms with Crippen LogP contribution in [0.15, 0.2) is 18.5 Å². The summed E-state index contributed by atoms with van der Waals surface area (Å²) in [5.41, 5.74) is 1.43. The molecule has 0 spiro atoms. The number of alkyl halides is 2. The Morgan fingerprint density at radius 2 is 2.03 bits per heavy atom. The first-order chi connectivity index (χ1) is 17.6. The minimum atomic E-state index is -3.39. The average molecular weight is 518 g/mol. The average Bonchev–Trinajstić information content (AvgIpc) is 3.55. The molecule has 2 fully saturated rings. The predicted octanol–water partition coefficient (Wildman–Crippen LogP) is 2.74. The van der Waals surface area contributed by atoms with Gasteiger partial charge in [0.1, 0.15) is 41.8 Å². The number of benzene rings is 1. The zero-order valence-corrected chi connectivity index (χ0v) is 20.3. The molecule has 1 atom stereocenters. The lowest BCUT2D eigenvalue weighted by atomic mass is 10.0. The van der Waals surface area contributed by atoms with E-state index in [0.29, 0.717) is 29.5 Å². The number of nitrogens with one attached hydrogen (secondary N) is 2. The Kier molecular flexibility index (Phi) is 6.30. The Balaban J connectivity index is 1.50. The first kappa shape index (κ1) is 25.0. The number of fused-ring (bicyclic) bond motifs is 1. The summed E-state index contributed by atoms with van der Waals surface area (Å²) in [6, 6.07) is 1.64. The first-order valence-corrected chi connectivity index (χ1v) is 11.9. The first-order valence-electron chi connectivity index (χ1n) is 11.9. The number of aromatic amines is 1. The van der Waals surface area contributed by atoms with Gasteiger partial charge in [0, 0.05) is 12.2 Å². The van der Waals surface area contributed by atoms with E-state index in [1.54, 1.807) is 26.0 Å². The molecule has 2 aliphatic rings. The van der Waals surface area contributed by atoms with E-state index in [9.17, 15) is 18.4 Å². The van der Waals surface area contributed by atoms with Gasteiger partial charge in [-0.2, -0.15) is 0 Å². The van der Waals surface area contributed by atoms with Crippen LogP contribution in [-0.2, 0) is 4.79 Å². The van der Waals surface area contributed by atoms with Crippen LogP contribution in [0, 0.1) is 25.6 Å². The maximum atomic E-state index is 15.4. The highest BCUT2D eigenvalue weighted by atomic mass is 19.3. The molecule has 2 amide bonds. The van der Waals surface area contributed by atoms with Crippen molar-refractivity contribution in [2.75, 3.05) is 26.3 Å². The molecule has 0 bridgehead atoms. The molecule has 1 saturated carbocycles. The second kappa shape index (κ2) is 9.33. The second-order valence-electron chi connectivity index (χ2n) is 9.61. The zero-order valence-electron chi connectivity index (χ0n) is 20.3. The fourth-order valence-corrected chi connectivity index (χ4v) is 4.54. The summed E-state index contributed by atoms with van der Waals surface area (Å²) in [5.74, 6) is -4.84. The van der Waals surface area contributed by atoms with Gasteiger partial charge in [0.05, 0.1) is 29.8 Å². The molecule has 3 N–H and O–H groups in total. The number of aliphatic hydroxyl groups is 1. The highest BCUT2D eigenvalue weighted by Crippen LogP contribution is 2.39. The lowest BCUT2D eigenvalue weighted by Gasteiger charge is -2.18. The van der Waals surface area contributed by atoms with E-state index >= 15 is 4.39 Å². The van der Waals surface area contributed by atoms with Gasteiger partial charge >= 0.3 is 0 Å². The Morgan fingerprint density at radius 3 is 2.73 bits per heavy atom. The Morgan fingerprint density at radius 1 is 1.27 bits per heavy atom. The van der Waals surface area contributed by atoms with Crippen LogP contribution in [-0.4, -0.2) is 75.0 Å². The quantitative estimate of drug-likeness (QED) is 0.443. The number of hydrogen-bond donors (Lipinski definition) is 3. The summed E-state index contributed by atoms with van der Waals surface area (Å²) in [5, 5.41) is 11.3. The Labute approximate surface area is 210 Å². The van der Waals surface area contributed by atoms with Gasteiger partial charge in [-0.05, 0) is 44.2 Å². The largest absolute Gasteiger partial charge is 0.492 e. The van der Waals surface area contributed by atoms with E-state index in [-0.39, 0.29) is 27.9 Å². The number of rotatable bonds is 7. The number of amides is 2. The second-order valence-corrected chi connectivity index (χ2v) is 9.61. The van der Waals surface area contributed by atoms with Crippen molar-refractivity contribution in [3.8, 4) is 17.0 Å².